The summed E-state index contributed by atoms with van der Waals surface area (Å²) in [6.45, 7) is -0.0230. The highest BCUT2D eigenvalue weighted by atomic mass is 19.4. The number of ether oxygens (including phenoxy) is 1. The molecule has 1 aliphatic carbocycles. The summed E-state index contributed by atoms with van der Waals surface area (Å²) in [7, 11) is 0. The van der Waals surface area contributed by atoms with Crippen molar-refractivity contribution in [1.29, 1.82) is 0 Å². The molecule has 1 saturated carbocycles. The molecular weight excluding hydrogens is 419 g/mol. The SMILES string of the molecule is Fc1ccc([C@H]2C[C@@H]2COc2ccn3c(CC(F)(F)F)nnc3c2C(F)(F)F)cc1. The van der Waals surface area contributed by atoms with Crippen molar-refractivity contribution in [3.05, 3.63) is 59.3 Å². The first-order chi connectivity index (χ1) is 14.0. The molecule has 2 heterocycles. The van der Waals surface area contributed by atoms with Crippen LogP contribution in [0.3, 0.4) is 0 Å². The summed E-state index contributed by atoms with van der Waals surface area (Å²) in [4.78, 5) is 0. The minimum atomic E-state index is -4.90. The number of pyridine rings is 1. The van der Waals surface area contributed by atoms with Gasteiger partial charge in [-0.25, -0.2) is 4.39 Å². The average Bonchev–Trinajstić information content (AvgIpc) is 3.31. The van der Waals surface area contributed by atoms with E-state index >= 15 is 0 Å². The monoisotopic (exact) mass is 433 g/mol. The van der Waals surface area contributed by atoms with Crippen LogP contribution in [-0.2, 0) is 12.6 Å². The van der Waals surface area contributed by atoms with E-state index in [9.17, 15) is 30.7 Å². The third kappa shape index (κ3) is 4.19. The summed E-state index contributed by atoms with van der Waals surface area (Å²) in [5, 5.41) is 6.59. The van der Waals surface area contributed by atoms with Crippen LogP contribution in [0.5, 0.6) is 5.75 Å². The largest absolute Gasteiger partial charge is 0.492 e. The molecule has 0 bridgehead atoms. The Kier molecular flexibility index (Phi) is 4.86. The Morgan fingerprint density at radius 1 is 1.00 bits per heavy atom. The number of alkyl halides is 6. The van der Waals surface area contributed by atoms with Gasteiger partial charge in [0.15, 0.2) is 5.65 Å². The lowest BCUT2D eigenvalue weighted by atomic mass is 10.1. The van der Waals surface area contributed by atoms with Gasteiger partial charge < -0.3 is 4.74 Å². The number of hydrogen-bond donors (Lipinski definition) is 0. The highest BCUT2D eigenvalue weighted by molar-refractivity contribution is 5.56. The second-order valence-corrected chi connectivity index (χ2v) is 7.12. The molecule has 1 aliphatic rings. The fourth-order valence-electron chi connectivity index (χ4n) is 3.42. The van der Waals surface area contributed by atoms with Gasteiger partial charge in [0.2, 0.25) is 0 Å². The van der Waals surface area contributed by atoms with E-state index in [1.54, 1.807) is 12.1 Å². The molecular formula is C19H14F7N3O. The minimum absolute atomic E-state index is 0.0230. The van der Waals surface area contributed by atoms with Crippen LogP contribution in [0.2, 0.25) is 0 Å². The standard InChI is InChI=1S/C19H14F7N3O/c20-12-3-1-10(2-4-12)13-7-11(13)9-30-14-5-6-29-15(8-18(21,22)23)27-28-17(29)16(14)19(24,25)26/h1-6,11,13H,7-9H2/t11-,13-/m1/s1. The number of benzene rings is 1. The smallest absolute Gasteiger partial charge is 0.423 e. The van der Waals surface area contributed by atoms with Crippen molar-refractivity contribution < 1.29 is 35.5 Å². The van der Waals surface area contributed by atoms with Crippen molar-refractivity contribution >= 4 is 5.65 Å². The fraction of sp³-hybridized carbons (Fsp3) is 0.368. The van der Waals surface area contributed by atoms with Gasteiger partial charge in [-0.15, -0.1) is 10.2 Å². The van der Waals surface area contributed by atoms with Crippen LogP contribution in [-0.4, -0.2) is 27.4 Å². The van der Waals surface area contributed by atoms with Crippen LogP contribution in [0.25, 0.3) is 5.65 Å². The Morgan fingerprint density at radius 3 is 2.33 bits per heavy atom. The summed E-state index contributed by atoms with van der Waals surface area (Å²) < 4.78 is 97.8. The molecule has 4 nitrogen and oxygen atoms in total. The normalized spacial score (nSPS) is 19.3. The summed E-state index contributed by atoms with van der Waals surface area (Å²) in [6, 6.07) is 6.82. The Hall–Kier alpha value is -2.85. The van der Waals surface area contributed by atoms with Gasteiger partial charge >= 0.3 is 12.4 Å². The lowest BCUT2D eigenvalue weighted by Crippen LogP contribution is -2.15. The van der Waals surface area contributed by atoms with Crippen LogP contribution < -0.4 is 4.74 Å². The van der Waals surface area contributed by atoms with E-state index in [0.29, 0.717) is 10.8 Å². The molecule has 2 aromatic heterocycles. The molecule has 3 aromatic rings. The number of halogens is 7. The highest BCUT2D eigenvalue weighted by Gasteiger charge is 2.42. The molecule has 1 fully saturated rings. The highest BCUT2D eigenvalue weighted by Crippen LogP contribution is 2.48. The molecule has 30 heavy (non-hydrogen) atoms. The molecule has 0 aliphatic heterocycles. The molecule has 4 rings (SSSR count). The summed E-state index contributed by atoms with van der Waals surface area (Å²) in [6.07, 6.45) is -9.34. The van der Waals surface area contributed by atoms with Crippen LogP contribution in [0.15, 0.2) is 36.5 Å². The first-order valence-corrected chi connectivity index (χ1v) is 8.92. The van der Waals surface area contributed by atoms with E-state index in [4.69, 9.17) is 4.74 Å². The van der Waals surface area contributed by atoms with Gasteiger partial charge in [-0.3, -0.25) is 4.40 Å². The van der Waals surface area contributed by atoms with Crippen molar-refractivity contribution in [3.63, 3.8) is 0 Å². The number of rotatable bonds is 5. The van der Waals surface area contributed by atoms with E-state index in [1.165, 1.54) is 12.1 Å². The molecule has 1 aromatic carbocycles. The molecule has 160 valence electrons. The molecule has 0 spiro atoms. The maximum absolute atomic E-state index is 13.6. The second kappa shape index (κ2) is 7.13. The van der Waals surface area contributed by atoms with Gasteiger partial charge in [-0.2, -0.15) is 26.3 Å². The molecule has 0 unspecified atom stereocenters. The molecule has 11 heteroatoms. The Bertz CT molecular complexity index is 1060. The second-order valence-electron chi connectivity index (χ2n) is 7.12. The molecule has 0 amide bonds. The van der Waals surface area contributed by atoms with Gasteiger partial charge in [0.25, 0.3) is 0 Å². The number of hydrogen-bond acceptors (Lipinski definition) is 3. The van der Waals surface area contributed by atoms with Crippen LogP contribution in [0.1, 0.15) is 29.3 Å². The van der Waals surface area contributed by atoms with Gasteiger partial charge in [0.1, 0.15) is 29.4 Å². The van der Waals surface area contributed by atoms with Crippen molar-refractivity contribution in [2.75, 3.05) is 6.61 Å². The van der Waals surface area contributed by atoms with E-state index < -0.39 is 41.6 Å². The van der Waals surface area contributed by atoms with Crippen molar-refractivity contribution in [3.8, 4) is 5.75 Å². The zero-order valence-corrected chi connectivity index (χ0v) is 15.1. The van der Waals surface area contributed by atoms with Gasteiger partial charge in [-0.1, -0.05) is 12.1 Å². The Morgan fingerprint density at radius 2 is 1.70 bits per heavy atom. The predicted octanol–water partition coefficient (Wildman–Crippen LogP) is 5.17. The van der Waals surface area contributed by atoms with E-state index in [0.717, 1.165) is 17.8 Å². The molecule has 2 atom stereocenters. The summed E-state index contributed by atoms with van der Waals surface area (Å²) in [5.74, 6) is -1.55. The van der Waals surface area contributed by atoms with Gasteiger partial charge in [0, 0.05) is 12.1 Å². The van der Waals surface area contributed by atoms with E-state index in [-0.39, 0.29) is 24.3 Å². The fourth-order valence-corrected chi connectivity index (χ4v) is 3.42. The lowest BCUT2D eigenvalue weighted by Gasteiger charge is -2.15. The molecule has 0 radical (unpaired) electrons. The Labute approximate surface area is 165 Å². The van der Waals surface area contributed by atoms with Gasteiger partial charge in [0.05, 0.1) is 6.61 Å². The van der Waals surface area contributed by atoms with E-state index in [2.05, 4.69) is 10.2 Å². The first kappa shape index (κ1) is 20.4. The zero-order valence-electron chi connectivity index (χ0n) is 15.1. The zero-order chi connectivity index (χ0) is 21.7. The third-order valence-electron chi connectivity index (χ3n) is 4.93. The van der Waals surface area contributed by atoms with E-state index in [1.807, 2.05) is 0 Å². The van der Waals surface area contributed by atoms with Crippen molar-refractivity contribution in [2.24, 2.45) is 5.92 Å². The quantitative estimate of drug-likeness (QED) is 0.521. The molecule has 0 N–H and O–H groups in total. The summed E-state index contributed by atoms with van der Waals surface area (Å²) >= 11 is 0. The molecule has 0 saturated heterocycles. The van der Waals surface area contributed by atoms with Crippen LogP contribution in [0.4, 0.5) is 30.7 Å². The maximum Gasteiger partial charge on any atom is 0.423 e. The van der Waals surface area contributed by atoms with Crippen LogP contribution in [0, 0.1) is 11.7 Å². The topological polar surface area (TPSA) is 39.4 Å². The number of fused-ring (bicyclic) bond motifs is 1. The lowest BCUT2D eigenvalue weighted by molar-refractivity contribution is -0.138. The van der Waals surface area contributed by atoms with Crippen molar-refractivity contribution in [1.82, 2.24) is 14.6 Å². The summed E-state index contributed by atoms with van der Waals surface area (Å²) in [5.41, 5.74) is -1.15. The number of aromatic nitrogens is 3. The first-order valence-electron chi connectivity index (χ1n) is 8.92. The minimum Gasteiger partial charge on any atom is -0.492 e. The predicted molar refractivity (Wildman–Crippen MR) is 90.5 cm³/mol. The van der Waals surface area contributed by atoms with Crippen molar-refractivity contribution in [2.45, 2.75) is 31.1 Å². The maximum atomic E-state index is 13.6. The number of nitrogens with zero attached hydrogens (tertiary/aromatic N) is 3. The third-order valence-corrected chi connectivity index (χ3v) is 4.93. The Balaban J connectivity index is 1.56. The average molecular weight is 433 g/mol. The van der Waals surface area contributed by atoms with Crippen LogP contribution >= 0.6 is 0 Å². The van der Waals surface area contributed by atoms with Gasteiger partial charge in [-0.05, 0) is 36.1 Å².